The van der Waals surface area contributed by atoms with Gasteiger partial charge in [0, 0.05) is 25.7 Å². The molecule has 0 aromatic carbocycles. The van der Waals surface area contributed by atoms with E-state index in [1.165, 1.54) is 6.34 Å². The van der Waals surface area contributed by atoms with Crippen LogP contribution in [0.4, 0.5) is 39.5 Å². The highest BCUT2D eigenvalue weighted by atomic mass is 19.4. The first-order valence-corrected chi connectivity index (χ1v) is 14.9. The average molecular weight is 772 g/mol. The number of nitrogens with zero attached hydrogens (tertiary/aromatic N) is 1. The number of nitrogens with two attached hydrogens (primary N) is 2. The largest absolute Gasteiger partial charge is 0.490 e. The fraction of sp³-hybridized carbons (Fsp3) is 0.769. The highest BCUT2D eigenvalue weighted by Gasteiger charge is 2.39. The van der Waals surface area contributed by atoms with Gasteiger partial charge >= 0.3 is 36.4 Å². The second-order valence-corrected chi connectivity index (χ2v) is 9.94. The number of alkyl halides is 9. The van der Waals surface area contributed by atoms with Crippen LogP contribution in [0.25, 0.3) is 0 Å². The Hall–Kier alpha value is -3.97. The van der Waals surface area contributed by atoms with E-state index in [4.69, 9.17) is 41.3 Å². The van der Waals surface area contributed by atoms with Crippen molar-refractivity contribution in [3.05, 3.63) is 0 Å². The van der Waals surface area contributed by atoms with Gasteiger partial charge < -0.3 is 47.5 Å². The molecule has 51 heavy (non-hydrogen) atoms. The number of carboxylic acids is 3. The Labute approximate surface area is 286 Å². The molecule has 2 amide bonds. The highest BCUT2D eigenvalue weighted by molar-refractivity contribution is 6.02. The van der Waals surface area contributed by atoms with Crippen molar-refractivity contribution < 1.29 is 83.9 Å². The number of hydrazine groups is 1. The monoisotopic (exact) mass is 771 g/mol. The van der Waals surface area contributed by atoms with E-state index in [9.17, 15) is 54.2 Å². The number of aliphatic hydroxyl groups excluding tert-OH is 1. The van der Waals surface area contributed by atoms with Gasteiger partial charge in [0.2, 0.25) is 6.10 Å². The van der Waals surface area contributed by atoms with Crippen molar-refractivity contribution in [2.75, 3.05) is 32.7 Å². The molecule has 0 heterocycles. The standard InChI is InChI=1S/C20H43N7O3.3C2HF3O2/c1-17(21)10-15-23-11-8-9-14-26-20(30)18(28)19(29)25-13-7-5-3-2-4-6-12-24-16-27-22;3*3-2(4,5)1(6)7/h16-18,23,28H,2-15,21-22H2,1H3,(H,24,27)(H,25,29)(H,26,30);3*(H,6,7). The molecular weight excluding hydrogens is 725 g/mol. The van der Waals surface area contributed by atoms with Gasteiger partial charge in [-0.25, -0.2) is 20.2 Å². The molecule has 0 aliphatic heterocycles. The number of aliphatic imine (C=N–C) groups is 1. The molecule has 0 saturated carbocycles. The minimum Gasteiger partial charge on any atom is -0.475 e. The van der Waals surface area contributed by atoms with E-state index in [-0.39, 0.29) is 6.04 Å². The maximum atomic E-state index is 11.8. The predicted octanol–water partition coefficient (Wildman–Crippen LogP) is 1.42. The molecule has 0 aliphatic rings. The van der Waals surface area contributed by atoms with Crippen molar-refractivity contribution in [3.8, 4) is 0 Å². The normalized spacial score (nSPS) is 12.4. The number of carbonyl (C=O) groups excluding carboxylic acids is 2. The lowest BCUT2D eigenvalue weighted by molar-refractivity contribution is -0.193. The Morgan fingerprint density at radius 1 is 0.647 bits per heavy atom. The van der Waals surface area contributed by atoms with Crippen LogP contribution in [0, 0.1) is 0 Å². The van der Waals surface area contributed by atoms with Crippen molar-refractivity contribution in [1.82, 2.24) is 21.4 Å². The quantitative estimate of drug-likeness (QED) is 0.0160. The number of halogens is 9. The van der Waals surface area contributed by atoms with Gasteiger partial charge in [-0.1, -0.05) is 25.7 Å². The molecule has 2 unspecified atom stereocenters. The summed E-state index contributed by atoms with van der Waals surface area (Å²) in [6.07, 6.45) is -6.65. The Morgan fingerprint density at radius 2 is 0.980 bits per heavy atom. The number of hydrogen-bond donors (Lipinski definition) is 10. The van der Waals surface area contributed by atoms with E-state index >= 15 is 0 Å². The summed E-state index contributed by atoms with van der Waals surface area (Å²) < 4.78 is 95.2. The summed E-state index contributed by atoms with van der Waals surface area (Å²) in [5.41, 5.74) is 8.03. The minimum absolute atomic E-state index is 0.194. The van der Waals surface area contributed by atoms with Crippen molar-refractivity contribution in [2.45, 2.75) is 95.4 Å². The number of aliphatic carboxylic acids is 3. The van der Waals surface area contributed by atoms with Crippen LogP contribution < -0.4 is 33.0 Å². The number of rotatable bonds is 20. The Kier molecular flexibility index (Phi) is 32.5. The second-order valence-electron chi connectivity index (χ2n) is 9.94. The summed E-state index contributed by atoms with van der Waals surface area (Å²) in [4.78, 5) is 54.4. The topological polar surface area (TPSA) is 279 Å². The molecule has 0 aliphatic carbocycles. The number of amides is 2. The molecular formula is C26H46F9N7O9. The number of carbonyl (C=O) groups is 5. The van der Waals surface area contributed by atoms with Crippen LogP contribution in [0.15, 0.2) is 4.99 Å². The lowest BCUT2D eigenvalue weighted by atomic mass is 10.1. The first kappa shape index (κ1) is 53.8. The van der Waals surface area contributed by atoms with Crippen molar-refractivity contribution in [3.63, 3.8) is 0 Å². The number of hydrogen-bond acceptors (Lipinski definition) is 10. The number of aliphatic hydroxyl groups is 1. The maximum Gasteiger partial charge on any atom is 0.490 e. The number of carboxylic acid groups (broad SMARTS) is 3. The molecule has 0 rings (SSSR count). The Balaban J connectivity index is -0.000000421. The molecule has 0 aromatic heterocycles. The van der Waals surface area contributed by atoms with Gasteiger partial charge in [-0.2, -0.15) is 39.5 Å². The Bertz CT molecular complexity index is 944. The van der Waals surface area contributed by atoms with Crippen molar-refractivity contribution in [2.24, 2.45) is 16.6 Å². The van der Waals surface area contributed by atoms with Crippen LogP contribution in [0.3, 0.4) is 0 Å². The number of unbranched alkanes of at least 4 members (excludes halogenated alkanes) is 6. The summed E-state index contributed by atoms with van der Waals surface area (Å²) in [5.74, 6) is -4.49. The van der Waals surface area contributed by atoms with Crippen LogP contribution in [0.2, 0.25) is 0 Å². The van der Waals surface area contributed by atoms with Crippen LogP contribution in [-0.2, 0) is 24.0 Å². The summed E-state index contributed by atoms with van der Waals surface area (Å²) >= 11 is 0. The van der Waals surface area contributed by atoms with Gasteiger partial charge in [0.15, 0.2) is 0 Å². The molecule has 16 nitrogen and oxygen atoms in total. The summed E-state index contributed by atoms with van der Waals surface area (Å²) in [5, 5.41) is 39.7. The van der Waals surface area contributed by atoms with E-state index in [0.717, 1.165) is 77.4 Å². The SMILES string of the molecule is CC(N)CCNCCCCNC(=O)C(O)C(=O)NCCCCCCCCN=CNN.O=C(O)C(F)(F)F.O=C(O)C(F)(F)F.O=C(O)C(F)(F)F. The lowest BCUT2D eigenvalue weighted by Gasteiger charge is -2.12. The van der Waals surface area contributed by atoms with Gasteiger partial charge in [0.1, 0.15) is 0 Å². The van der Waals surface area contributed by atoms with Crippen LogP contribution >= 0.6 is 0 Å². The molecule has 0 saturated heterocycles. The van der Waals surface area contributed by atoms with Gasteiger partial charge in [-0.3, -0.25) is 14.6 Å². The van der Waals surface area contributed by atoms with Gasteiger partial charge in [0.05, 0.1) is 6.34 Å². The summed E-state index contributed by atoms with van der Waals surface area (Å²) in [7, 11) is 0. The summed E-state index contributed by atoms with van der Waals surface area (Å²) in [6, 6.07) is 0.194. The van der Waals surface area contributed by atoms with E-state index < -0.39 is 54.4 Å². The summed E-state index contributed by atoms with van der Waals surface area (Å²) in [6.45, 7) is 5.37. The van der Waals surface area contributed by atoms with Crippen molar-refractivity contribution in [1.29, 1.82) is 0 Å². The third kappa shape index (κ3) is 42.1. The third-order valence-corrected chi connectivity index (χ3v) is 5.26. The van der Waals surface area contributed by atoms with E-state index in [0.29, 0.717) is 13.1 Å². The highest BCUT2D eigenvalue weighted by Crippen LogP contribution is 2.14. The fourth-order valence-corrected chi connectivity index (χ4v) is 2.72. The molecule has 0 fully saturated rings. The van der Waals surface area contributed by atoms with E-state index in [1.54, 1.807) is 0 Å². The first-order valence-electron chi connectivity index (χ1n) is 14.9. The molecule has 2 atom stereocenters. The molecule has 0 aromatic rings. The minimum atomic E-state index is -5.08. The molecule has 0 radical (unpaired) electrons. The van der Waals surface area contributed by atoms with E-state index in [2.05, 4.69) is 26.4 Å². The zero-order valence-corrected chi connectivity index (χ0v) is 27.5. The van der Waals surface area contributed by atoms with Crippen molar-refractivity contribution >= 4 is 36.1 Å². The van der Waals surface area contributed by atoms with E-state index in [1.807, 2.05) is 6.92 Å². The molecule has 0 spiro atoms. The second kappa shape index (κ2) is 30.8. The zero-order chi connectivity index (χ0) is 40.7. The fourth-order valence-electron chi connectivity index (χ4n) is 2.72. The maximum absolute atomic E-state index is 11.8. The van der Waals surface area contributed by atoms with Gasteiger partial charge in [-0.05, 0) is 52.1 Å². The predicted molar refractivity (Wildman–Crippen MR) is 162 cm³/mol. The number of nitrogens with one attached hydrogen (secondary N) is 4. The van der Waals surface area contributed by atoms with Gasteiger partial charge in [0.25, 0.3) is 11.8 Å². The Morgan fingerprint density at radius 3 is 1.33 bits per heavy atom. The zero-order valence-electron chi connectivity index (χ0n) is 27.5. The van der Waals surface area contributed by atoms with Crippen LogP contribution in [0.5, 0.6) is 0 Å². The lowest BCUT2D eigenvalue weighted by Crippen LogP contribution is -2.46. The molecule has 0 bridgehead atoms. The molecule has 12 N–H and O–H groups in total. The smallest absolute Gasteiger partial charge is 0.475 e. The van der Waals surface area contributed by atoms with Crippen LogP contribution in [0.1, 0.15) is 64.7 Å². The molecule has 302 valence electrons. The first-order chi connectivity index (χ1) is 23.3. The van der Waals surface area contributed by atoms with Crippen LogP contribution in [-0.4, -0.2) is 120 Å². The third-order valence-electron chi connectivity index (χ3n) is 5.26. The molecule has 25 heteroatoms. The average Bonchev–Trinajstić information content (AvgIpc) is 2.99. The van der Waals surface area contributed by atoms with Gasteiger partial charge in [-0.15, -0.1) is 0 Å².